The van der Waals surface area contributed by atoms with E-state index in [0.29, 0.717) is 5.69 Å². The third kappa shape index (κ3) is 1.37. The van der Waals surface area contributed by atoms with Gasteiger partial charge in [0.15, 0.2) is 6.29 Å². The molecule has 1 rings (SSSR count). The second-order valence-electron chi connectivity index (χ2n) is 2.29. The van der Waals surface area contributed by atoms with Crippen LogP contribution in [0.2, 0.25) is 0 Å². The minimum Gasteiger partial charge on any atom is -0.296 e. The largest absolute Gasteiger partial charge is 0.296 e. The Morgan fingerprint density at radius 1 is 1.82 bits per heavy atom. The average molecular weight is 150 g/mol. The summed E-state index contributed by atoms with van der Waals surface area (Å²) in [5.74, 6) is 0. The van der Waals surface area contributed by atoms with Crippen LogP contribution in [0.25, 0.3) is 0 Å². The van der Waals surface area contributed by atoms with Crippen LogP contribution < -0.4 is 0 Å². The summed E-state index contributed by atoms with van der Waals surface area (Å²) in [7, 11) is 0. The van der Waals surface area contributed by atoms with E-state index in [9.17, 15) is 4.79 Å². The molecule has 1 aromatic rings. The van der Waals surface area contributed by atoms with Gasteiger partial charge in [-0.15, -0.1) is 6.58 Å². The predicted molar refractivity (Wildman–Crippen MR) is 42.5 cm³/mol. The van der Waals surface area contributed by atoms with Crippen molar-refractivity contribution >= 4 is 6.29 Å². The first kappa shape index (κ1) is 7.72. The van der Waals surface area contributed by atoms with Gasteiger partial charge in [0.05, 0.1) is 6.04 Å². The Balaban J connectivity index is 3.00. The lowest BCUT2D eigenvalue weighted by Crippen LogP contribution is -2.07. The number of aromatic nitrogens is 2. The molecule has 3 heteroatoms. The predicted octanol–water partition coefficient (Wildman–Crippen LogP) is 1.44. The van der Waals surface area contributed by atoms with Crippen molar-refractivity contribution in [1.82, 2.24) is 9.78 Å². The first-order chi connectivity index (χ1) is 5.29. The monoisotopic (exact) mass is 150 g/mol. The van der Waals surface area contributed by atoms with E-state index in [2.05, 4.69) is 11.7 Å². The molecule has 0 saturated heterocycles. The zero-order valence-corrected chi connectivity index (χ0v) is 6.40. The molecule has 0 bridgehead atoms. The van der Waals surface area contributed by atoms with Crippen LogP contribution in [0.4, 0.5) is 0 Å². The highest BCUT2D eigenvalue weighted by molar-refractivity contribution is 5.71. The molecule has 0 amide bonds. The normalized spacial score (nSPS) is 12.5. The average Bonchev–Trinajstić information content (AvgIpc) is 2.50. The Kier molecular flexibility index (Phi) is 2.21. The smallest absolute Gasteiger partial charge is 0.168 e. The molecule has 1 heterocycles. The minimum absolute atomic E-state index is 0.0743. The molecule has 11 heavy (non-hydrogen) atoms. The number of carbonyl (C=O) groups excluding carboxylic acids is 1. The molecule has 0 aromatic carbocycles. The van der Waals surface area contributed by atoms with Crippen LogP contribution in [0.5, 0.6) is 0 Å². The summed E-state index contributed by atoms with van der Waals surface area (Å²) in [5.41, 5.74) is 0.581. The standard InChI is InChI=1S/C8H10N2O/c1-3-7(2)10-8(6-11)4-5-9-10/h3-7H,1H2,2H3. The molecule has 0 aliphatic carbocycles. The van der Waals surface area contributed by atoms with Gasteiger partial charge in [0, 0.05) is 6.20 Å². The Hall–Kier alpha value is -1.38. The lowest BCUT2D eigenvalue weighted by Gasteiger charge is -2.06. The molecule has 0 N–H and O–H groups in total. The van der Waals surface area contributed by atoms with Gasteiger partial charge in [-0.05, 0) is 13.0 Å². The number of nitrogens with zero attached hydrogens (tertiary/aromatic N) is 2. The highest BCUT2D eigenvalue weighted by Crippen LogP contribution is 2.06. The molecular weight excluding hydrogens is 140 g/mol. The van der Waals surface area contributed by atoms with Crippen LogP contribution in [-0.4, -0.2) is 16.1 Å². The molecule has 1 aromatic heterocycles. The van der Waals surface area contributed by atoms with Crippen molar-refractivity contribution in [2.45, 2.75) is 13.0 Å². The Labute approximate surface area is 65.3 Å². The second kappa shape index (κ2) is 3.14. The molecule has 58 valence electrons. The molecule has 1 unspecified atom stereocenters. The summed E-state index contributed by atoms with van der Waals surface area (Å²) in [6.07, 6.45) is 4.12. The van der Waals surface area contributed by atoms with E-state index in [0.717, 1.165) is 6.29 Å². The van der Waals surface area contributed by atoms with Crippen molar-refractivity contribution in [3.8, 4) is 0 Å². The minimum atomic E-state index is 0.0743. The van der Waals surface area contributed by atoms with Gasteiger partial charge in [-0.25, -0.2) is 0 Å². The van der Waals surface area contributed by atoms with Crippen molar-refractivity contribution in [3.63, 3.8) is 0 Å². The Bertz CT molecular complexity index is 265. The molecular formula is C8H10N2O. The van der Waals surface area contributed by atoms with Gasteiger partial charge in [-0.3, -0.25) is 9.48 Å². The van der Waals surface area contributed by atoms with E-state index in [1.54, 1.807) is 23.0 Å². The number of hydrogen-bond acceptors (Lipinski definition) is 2. The highest BCUT2D eigenvalue weighted by atomic mass is 16.1. The van der Waals surface area contributed by atoms with E-state index >= 15 is 0 Å². The zero-order chi connectivity index (χ0) is 8.27. The van der Waals surface area contributed by atoms with Crippen molar-refractivity contribution in [1.29, 1.82) is 0 Å². The number of rotatable bonds is 3. The molecule has 0 aliphatic heterocycles. The third-order valence-corrected chi connectivity index (χ3v) is 1.55. The number of aldehydes is 1. The fraction of sp³-hybridized carbons (Fsp3) is 0.250. The van der Waals surface area contributed by atoms with Gasteiger partial charge in [-0.1, -0.05) is 6.08 Å². The molecule has 0 aliphatic rings. The second-order valence-corrected chi connectivity index (χ2v) is 2.29. The summed E-state index contributed by atoms with van der Waals surface area (Å²) in [6.45, 7) is 5.54. The lowest BCUT2D eigenvalue weighted by molar-refractivity contribution is 0.111. The molecule has 0 saturated carbocycles. The number of carbonyl (C=O) groups is 1. The van der Waals surface area contributed by atoms with Gasteiger partial charge >= 0.3 is 0 Å². The fourth-order valence-corrected chi connectivity index (χ4v) is 0.858. The van der Waals surface area contributed by atoms with E-state index in [-0.39, 0.29) is 6.04 Å². The topological polar surface area (TPSA) is 34.9 Å². The quantitative estimate of drug-likeness (QED) is 0.482. The van der Waals surface area contributed by atoms with Gasteiger partial charge in [-0.2, -0.15) is 5.10 Å². The summed E-state index contributed by atoms with van der Waals surface area (Å²) in [6, 6.07) is 1.75. The summed E-state index contributed by atoms with van der Waals surface area (Å²) in [5, 5.41) is 3.97. The Morgan fingerprint density at radius 2 is 2.55 bits per heavy atom. The lowest BCUT2D eigenvalue weighted by atomic mass is 10.3. The number of allylic oxidation sites excluding steroid dienone is 1. The maximum atomic E-state index is 10.4. The molecule has 0 radical (unpaired) electrons. The fourth-order valence-electron chi connectivity index (χ4n) is 0.858. The van der Waals surface area contributed by atoms with Crippen molar-refractivity contribution in [2.75, 3.05) is 0 Å². The van der Waals surface area contributed by atoms with E-state index in [1.807, 2.05) is 6.92 Å². The highest BCUT2D eigenvalue weighted by Gasteiger charge is 2.04. The van der Waals surface area contributed by atoms with Gasteiger partial charge in [0.25, 0.3) is 0 Å². The van der Waals surface area contributed by atoms with Crippen LogP contribution in [0.3, 0.4) is 0 Å². The van der Waals surface area contributed by atoms with Crippen LogP contribution in [0, 0.1) is 0 Å². The Morgan fingerprint density at radius 3 is 3.09 bits per heavy atom. The zero-order valence-electron chi connectivity index (χ0n) is 6.40. The maximum absolute atomic E-state index is 10.4. The molecule has 1 atom stereocenters. The summed E-state index contributed by atoms with van der Waals surface area (Å²) in [4.78, 5) is 10.4. The van der Waals surface area contributed by atoms with E-state index < -0.39 is 0 Å². The first-order valence-corrected chi connectivity index (χ1v) is 3.41. The van der Waals surface area contributed by atoms with Gasteiger partial charge in [0.1, 0.15) is 5.69 Å². The summed E-state index contributed by atoms with van der Waals surface area (Å²) >= 11 is 0. The van der Waals surface area contributed by atoms with Crippen molar-refractivity contribution in [2.24, 2.45) is 0 Å². The van der Waals surface area contributed by atoms with Gasteiger partial charge in [0.2, 0.25) is 0 Å². The van der Waals surface area contributed by atoms with Gasteiger partial charge < -0.3 is 0 Å². The van der Waals surface area contributed by atoms with Crippen LogP contribution in [0.15, 0.2) is 24.9 Å². The molecule has 0 fully saturated rings. The SMILES string of the molecule is C=CC(C)n1nccc1C=O. The first-order valence-electron chi connectivity index (χ1n) is 3.41. The van der Waals surface area contributed by atoms with Crippen LogP contribution in [0.1, 0.15) is 23.5 Å². The maximum Gasteiger partial charge on any atom is 0.168 e. The van der Waals surface area contributed by atoms with Crippen LogP contribution >= 0.6 is 0 Å². The summed E-state index contributed by atoms with van der Waals surface area (Å²) < 4.78 is 1.62. The van der Waals surface area contributed by atoms with E-state index in [4.69, 9.17) is 0 Å². The number of hydrogen-bond donors (Lipinski definition) is 0. The van der Waals surface area contributed by atoms with E-state index in [1.165, 1.54) is 0 Å². The van der Waals surface area contributed by atoms with Crippen LogP contribution in [-0.2, 0) is 0 Å². The molecule has 3 nitrogen and oxygen atoms in total. The molecule has 0 spiro atoms. The van der Waals surface area contributed by atoms with Crippen molar-refractivity contribution < 1.29 is 4.79 Å². The van der Waals surface area contributed by atoms with Crippen molar-refractivity contribution in [3.05, 3.63) is 30.6 Å². The third-order valence-electron chi connectivity index (χ3n) is 1.55.